The number of benzene rings is 2. The summed E-state index contributed by atoms with van der Waals surface area (Å²) in [5.74, 6) is 0. The normalized spacial score (nSPS) is 10.7. The molecule has 0 fully saturated rings. The molecule has 0 heterocycles. The molecule has 2 aromatic carbocycles. The third kappa shape index (κ3) is 3.64. The van der Waals surface area contributed by atoms with Gasteiger partial charge >= 0.3 is 0 Å². The predicted octanol–water partition coefficient (Wildman–Crippen LogP) is 5.42. The van der Waals surface area contributed by atoms with Gasteiger partial charge in [-0.2, -0.15) is 0 Å². The number of halogens is 3. The largest absolute Gasteiger partial charge is 0.313 e. The van der Waals surface area contributed by atoms with Crippen LogP contribution in [-0.2, 0) is 6.54 Å². The maximum atomic E-state index is 6.34. The highest BCUT2D eigenvalue weighted by molar-refractivity contribution is 6.38. The lowest BCUT2D eigenvalue weighted by Crippen LogP contribution is -2.11. The van der Waals surface area contributed by atoms with Crippen molar-refractivity contribution >= 4 is 34.8 Å². The average Bonchev–Trinajstić information content (AvgIpc) is 2.37. The number of nitrogens with one attached hydrogen (secondary N) is 1. The number of hydrogen-bond donors (Lipinski definition) is 1. The Balaban J connectivity index is 2.35. The quantitative estimate of drug-likeness (QED) is 0.794. The second kappa shape index (κ2) is 6.62. The van der Waals surface area contributed by atoms with Crippen LogP contribution in [0.5, 0.6) is 0 Å². The van der Waals surface area contributed by atoms with Gasteiger partial charge in [-0.3, -0.25) is 0 Å². The van der Waals surface area contributed by atoms with Crippen molar-refractivity contribution in [1.82, 2.24) is 5.32 Å². The van der Waals surface area contributed by atoms with Crippen LogP contribution in [0.2, 0.25) is 15.1 Å². The van der Waals surface area contributed by atoms with Gasteiger partial charge in [-0.1, -0.05) is 59.9 Å². The first kappa shape index (κ1) is 14.7. The summed E-state index contributed by atoms with van der Waals surface area (Å²) in [6, 6.07) is 11.4. The van der Waals surface area contributed by atoms with Crippen molar-refractivity contribution < 1.29 is 0 Å². The minimum absolute atomic E-state index is 0.605. The van der Waals surface area contributed by atoms with E-state index in [1.54, 1.807) is 6.07 Å². The summed E-state index contributed by atoms with van der Waals surface area (Å²) in [7, 11) is 0. The zero-order chi connectivity index (χ0) is 13.8. The highest BCUT2D eigenvalue weighted by atomic mass is 35.5. The molecule has 2 aromatic rings. The molecule has 0 radical (unpaired) electrons. The Kier molecular flexibility index (Phi) is 5.12. The SMILES string of the molecule is CCNCc1ccc(-c2ccc(Cl)cc2Cl)c(Cl)c1. The smallest absolute Gasteiger partial charge is 0.0499 e. The molecule has 0 unspecified atom stereocenters. The van der Waals surface area contributed by atoms with Crippen LogP contribution in [0.15, 0.2) is 36.4 Å². The van der Waals surface area contributed by atoms with Gasteiger partial charge in [0.25, 0.3) is 0 Å². The predicted molar refractivity (Wildman–Crippen MR) is 84.3 cm³/mol. The molecule has 4 heteroatoms. The molecule has 1 N–H and O–H groups in total. The Labute approximate surface area is 128 Å². The average molecular weight is 315 g/mol. The van der Waals surface area contributed by atoms with Crippen LogP contribution < -0.4 is 5.32 Å². The van der Waals surface area contributed by atoms with Gasteiger partial charge in [-0.25, -0.2) is 0 Å². The van der Waals surface area contributed by atoms with Gasteiger partial charge in [-0.05, 0) is 30.3 Å². The highest BCUT2D eigenvalue weighted by Crippen LogP contribution is 2.35. The second-order valence-electron chi connectivity index (χ2n) is 4.22. The van der Waals surface area contributed by atoms with Crippen LogP contribution in [0.4, 0.5) is 0 Å². The third-order valence-electron chi connectivity index (χ3n) is 2.83. The topological polar surface area (TPSA) is 12.0 Å². The van der Waals surface area contributed by atoms with Crippen molar-refractivity contribution in [2.24, 2.45) is 0 Å². The van der Waals surface area contributed by atoms with Crippen molar-refractivity contribution in [3.05, 3.63) is 57.0 Å². The van der Waals surface area contributed by atoms with Gasteiger partial charge in [0.1, 0.15) is 0 Å². The summed E-state index contributed by atoms with van der Waals surface area (Å²) < 4.78 is 0. The molecule has 0 spiro atoms. The highest BCUT2D eigenvalue weighted by Gasteiger charge is 2.08. The van der Waals surface area contributed by atoms with E-state index in [1.165, 1.54) is 0 Å². The molecule has 0 aliphatic rings. The van der Waals surface area contributed by atoms with E-state index < -0.39 is 0 Å². The molecule has 100 valence electrons. The molecule has 0 aliphatic carbocycles. The second-order valence-corrected chi connectivity index (χ2v) is 5.47. The zero-order valence-corrected chi connectivity index (χ0v) is 12.8. The lowest BCUT2D eigenvalue weighted by atomic mass is 10.0. The molecule has 0 bridgehead atoms. The monoisotopic (exact) mass is 313 g/mol. The maximum Gasteiger partial charge on any atom is 0.0499 e. The van der Waals surface area contributed by atoms with E-state index in [0.717, 1.165) is 29.8 Å². The number of rotatable bonds is 4. The van der Waals surface area contributed by atoms with Gasteiger partial charge < -0.3 is 5.32 Å². The summed E-state index contributed by atoms with van der Waals surface area (Å²) in [6.45, 7) is 3.82. The van der Waals surface area contributed by atoms with Crippen LogP contribution >= 0.6 is 34.8 Å². The Morgan fingerprint density at radius 1 is 0.895 bits per heavy atom. The van der Waals surface area contributed by atoms with Gasteiger partial charge in [0, 0.05) is 32.7 Å². The van der Waals surface area contributed by atoms with E-state index in [9.17, 15) is 0 Å². The van der Waals surface area contributed by atoms with Crippen molar-refractivity contribution in [3.8, 4) is 11.1 Å². The van der Waals surface area contributed by atoms with Crippen LogP contribution in [0.1, 0.15) is 12.5 Å². The lowest BCUT2D eigenvalue weighted by Gasteiger charge is -2.09. The zero-order valence-electron chi connectivity index (χ0n) is 10.5. The van der Waals surface area contributed by atoms with E-state index in [1.807, 2.05) is 24.3 Å². The van der Waals surface area contributed by atoms with E-state index in [2.05, 4.69) is 18.3 Å². The van der Waals surface area contributed by atoms with Gasteiger partial charge in [0.05, 0.1) is 0 Å². The van der Waals surface area contributed by atoms with Crippen molar-refractivity contribution in [3.63, 3.8) is 0 Å². The van der Waals surface area contributed by atoms with E-state index in [0.29, 0.717) is 15.1 Å². The molecule has 0 amide bonds. The first-order valence-electron chi connectivity index (χ1n) is 6.06. The summed E-state index contributed by atoms with van der Waals surface area (Å²) >= 11 is 18.4. The Morgan fingerprint density at radius 3 is 2.11 bits per heavy atom. The first-order chi connectivity index (χ1) is 9.11. The molecule has 0 aromatic heterocycles. The standard InChI is InChI=1S/C15H14Cl3N/c1-2-19-9-10-3-5-12(14(17)7-10)13-6-4-11(16)8-15(13)18/h3-8,19H,2,9H2,1H3. The molecular weight excluding hydrogens is 301 g/mol. The molecule has 0 atom stereocenters. The summed E-state index contributed by atoms with van der Waals surface area (Å²) in [5, 5.41) is 5.19. The van der Waals surface area contributed by atoms with Crippen LogP contribution in [0.25, 0.3) is 11.1 Å². The van der Waals surface area contributed by atoms with Gasteiger partial charge in [-0.15, -0.1) is 0 Å². The molecule has 19 heavy (non-hydrogen) atoms. The Morgan fingerprint density at radius 2 is 1.53 bits per heavy atom. The summed E-state index contributed by atoms with van der Waals surface area (Å²) in [6.07, 6.45) is 0. The molecular formula is C15H14Cl3N. The van der Waals surface area contributed by atoms with Gasteiger partial charge in [0.2, 0.25) is 0 Å². The van der Waals surface area contributed by atoms with E-state index in [-0.39, 0.29) is 0 Å². The van der Waals surface area contributed by atoms with Crippen LogP contribution in [0, 0.1) is 0 Å². The van der Waals surface area contributed by atoms with Gasteiger partial charge in [0.15, 0.2) is 0 Å². The Hall–Kier alpha value is -0.730. The van der Waals surface area contributed by atoms with Crippen LogP contribution in [-0.4, -0.2) is 6.54 Å². The van der Waals surface area contributed by atoms with Crippen molar-refractivity contribution in [1.29, 1.82) is 0 Å². The lowest BCUT2D eigenvalue weighted by molar-refractivity contribution is 0.727. The third-order valence-corrected chi connectivity index (χ3v) is 3.69. The molecule has 1 nitrogen and oxygen atoms in total. The fourth-order valence-electron chi connectivity index (χ4n) is 1.86. The minimum Gasteiger partial charge on any atom is -0.313 e. The Bertz CT molecular complexity index is 582. The maximum absolute atomic E-state index is 6.34. The van der Waals surface area contributed by atoms with E-state index in [4.69, 9.17) is 34.8 Å². The van der Waals surface area contributed by atoms with Crippen molar-refractivity contribution in [2.45, 2.75) is 13.5 Å². The molecule has 0 saturated carbocycles. The summed E-state index contributed by atoms with van der Waals surface area (Å²) in [4.78, 5) is 0. The molecule has 2 rings (SSSR count). The summed E-state index contributed by atoms with van der Waals surface area (Å²) in [5.41, 5.74) is 2.97. The first-order valence-corrected chi connectivity index (χ1v) is 7.19. The molecule has 0 saturated heterocycles. The fraction of sp³-hybridized carbons (Fsp3) is 0.200. The fourth-order valence-corrected chi connectivity index (χ4v) is 2.68. The van der Waals surface area contributed by atoms with Crippen molar-refractivity contribution in [2.75, 3.05) is 6.54 Å². The van der Waals surface area contributed by atoms with Crippen LogP contribution in [0.3, 0.4) is 0 Å². The van der Waals surface area contributed by atoms with E-state index >= 15 is 0 Å². The minimum atomic E-state index is 0.605. The number of hydrogen-bond acceptors (Lipinski definition) is 1. The molecule has 0 aliphatic heterocycles.